The van der Waals surface area contributed by atoms with E-state index in [1.165, 1.54) is 0 Å². The fourth-order valence-corrected chi connectivity index (χ4v) is 8.72. The van der Waals surface area contributed by atoms with Gasteiger partial charge in [0.1, 0.15) is 12.1 Å². The third kappa shape index (κ3) is 8.93. The molecule has 0 bridgehead atoms. The molecular formula is C34H55N5O7S. The highest BCUT2D eigenvalue weighted by atomic mass is 32.2. The van der Waals surface area contributed by atoms with Gasteiger partial charge in [0.25, 0.3) is 5.91 Å². The number of amides is 5. The Kier molecular flexibility index (Phi) is 11.7. The molecule has 4 aliphatic carbocycles. The second-order valence-electron chi connectivity index (χ2n) is 15.3. The summed E-state index contributed by atoms with van der Waals surface area (Å²) in [4.78, 5) is 69.4. The van der Waals surface area contributed by atoms with Crippen LogP contribution >= 0.6 is 0 Å². The van der Waals surface area contributed by atoms with Gasteiger partial charge in [0, 0.05) is 12.6 Å². The van der Waals surface area contributed by atoms with Crippen LogP contribution in [0.5, 0.6) is 0 Å². The van der Waals surface area contributed by atoms with E-state index in [0.717, 1.165) is 83.5 Å². The molecule has 5 aliphatic rings. The molecule has 5 rings (SSSR count). The molecule has 12 nitrogen and oxygen atoms in total. The number of likely N-dealkylation sites (tertiary alicyclic amines) is 1. The van der Waals surface area contributed by atoms with Gasteiger partial charge >= 0.3 is 6.03 Å². The quantitative estimate of drug-likeness (QED) is 0.138. The summed E-state index contributed by atoms with van der Waals surface area (Å²) in [5.41, 5.74) is -1.39. The van der Waals surface area contributed by atoms with Crippen LogP contribution < -0.4 is 21.3 Å². The first kappa shape index (κ1) is 35.8. The summed E-state index contributed by atoms with van der Waals surface area (Å²) in [6.07, 6.45) is 14.2. The Labute approximate surface area is 281 Å². The number of ketones is 1. The Morgan fingerprint density at radius 3 is 2.11 bits per heavy atom. The molecule has 0 radical (unpaired) electrons. The molecule has 5 fully saturated rings. The van der Waals surface area contributed by atoms with Crippen molar-refractivity contribution in [1.82, 2.24) is 26.2 Å². The van der Waals surface area contributed by atoms with Crippen LogP contribution in [0.15, 0.2) is 0 Å². The van der Waals surface area contributed by atoms with Gasteiger partial charge in [0.2, 0.25) is 17.6 Å². The summed E-state index contributed by atoms with van der Waals surface area (Å²) in [6, 6.07) is -3.17. The van der Waals surface area contributed by atoms with Gasteiger partial charge in [-0.1, -0.05) is 58.3 Å². The number of nitrogens with zero attached hydrogens (tertiary/aromatic N) is 1. The fourth-order valence-electron chi connectivity index (χ4n) is 8.04. The first-order valence-electron chi connectivity index (χ1n) is 18.1. The summed E-state index contributed by atoms with van der Waals surface area (Å²) in [5.74, 6) is -1.56. The van der Waals surface area contributed by atoms with E-state index in [1.807, 2.05) is 6.92 Å². The molecule has 0 spiro atoms. The lowest BCUT2D eigenvalue weighted by Crippen LogP contribution is -2.65. The van der Waals surface area contributed by atoms with Crippen molar-refractivity contribution in [3.63, 3.8) is 0 Å². The molecule has 1 aliphatic heterocycles. The number of urea groups is 1. The highest BCUT2D eigenvalue weighted by molar-refractivity contribution is 7.80. The highest BCUT2D eigenvalue weighted by Crippen LogP contribution is 2.41. The smallest absolute Gasteiger partial charge is 0.315 e. The molecule has 5 atom stereocenters. The first-order chi connectivity index (χ1) is 22.4. The minimum atomic E-state index is -2.13. The highest BCUT2D eigenvalue weighted by Gasteiger charge is 2.48. The minimum Gasteiger partial charge on any atom is -0.347 e. The zero-order valence-electron chi connectivity index (χ0n) is 28.2. The summed E-state index contributed by atoms with van der Waals surface area (Å²) in [5, 5.41) is 11.0. The van der Waals surface area contributed by atoms with Gasteiger partial charge in [-0.25, -0.2) is 9.00 Å². The number of nitrogens with one attached hydrogen (secondary N) is 4. The maximum absolute atomic E-state index is 14.5. The molecular weight excluding hydrogens is 622 g/mol. The summed E-state index contributed by atoms with van der Waals surface area (Å²) in [7, 11) is 0. The Balaban J connectivity index is 1.31. The second-order valence-corrected chi connectivity index (χ2v) is 16.5. The van der Waals surface area contributed by atoms with E-state index in [4.69, 9.17) is 0 Å². The molecule has 4 saturated carbocycles. The summed E-state index contributed by atoms with van der Waals surface area (Å²) < 4.78 is 22.1. The van der Waals surface area contributed by atoms with E-state index in [2.05, 4.69) is 21.3 Å². The molecule has 47 heavy (non-hydrogen) atoms. The van der Waals surface area contributed by atoms with Crippen molar-refractivity contribution in [1.29, 1.82) is 0 Å². The molecule has 264 valence electrons. The van der Waals surface area contributed by atoms with Crippen molar-refractivity contribution >= 4 is 40.6 Å². The van der Waals surface area contributed by atoms with Crippen LogP contribution in [-0.2, 0) is 30.3 Å². The van der Waals surface area contributed by atoms with Crippen molar-refractivity contribution in [2.75, 3.05) is 6.54 Å². The van der Waals surface area contributed by atoms with Gasteiger partial charge in [-0.05, 0) is 82.5 Å². The monoisotopic (exact) mass is 677 g/mol. The lowest BCUT2D eigenvalue weighted by atomic mass is 9.70. The number of Topliss-reactive ketones (excluding diaryl/α,β-unsaturated/α-hetero) is 1. The van der Waals surface area contributed by atoms with Gasteiger partial charge in [0.05, 0.1) is 16.8 Å². The Bertz CT molecular complexity index is 1210. The van der Waals surface area contributed by atoms with E-state index in [-0.39, 0.29) is 11.9 Å². The lowest BCUT2D eigenvalue weighted by Gasteiger charge is -2.44. The van der Waals surface area contributed by atoms with Crippen LogP contribution in [-0.4, -0.2) is 84.7 Å². The van der Waals surface area contributed by atoms with Gasteiger partial charge in [-0.15, -0.1) is 0 Å². The van der Waals surface area contributed by atoms with Crippen LogP contribution in [0.3, 0.4) is 0 Å². The molecule has 1 unspecified atom stereocenters. The Hall–Kier alpha value is -2.54. The third-order valence-electron chi connectivity index (χ3n) is 11.6. The molecule has 1 heterocycles. The summed E-state index contributed by atoms with van der Waals surface area (Å²) >= 11 is -2.13. The number of hydrogen-bond acceptors (Lipinski definition) is 6. The first-order valence-corrected chi connectivity index (χ1v) is 19.2. The second kappa shape index (κ2) is 15.3. The molecule has 0 aromatic heterocycles. The Morgan fingerprint density at radius 1 is 0.872 bits per heavy atom. The van der Waals surface area contributed by atoms with E-state index >= 15 is 0 Å². The number of hydrogen-bond donors (Lipinski definition) is 5. The maximum atomic E-state index is 14.5. The molecule has 0 aromatic carbocycles. The Morgan fingerprint density at radius 2 is 1.51 bits per heavy atom. The average molecular weight is 678 g/mol. The zero-order chi connectivity index (χ0) is 33.8. The zero-order valence-corrected chi connectivity index (χ0v) is 29.0. The number of rotatable bonds is 14. The van der Waals surface area contributed by atoms with E-state index in [9.17, 15) is 32.7 Å². The molecule has 0 aromatic rings. The predicted octanol–water partition coefficient (Wildman–Crippen LogP) is 3.45. The van der Waals surface area contributed by atoms with Crippen LogP contribution in [0.1, 0.15) is 129 Å². The topological polar surface area (TPSA) is 174 Å². The SMILES string of the molecule is C[C@@H](S(=O)O)C1(NC(=O)N[C@H](C(=O)N2CCC[C@H]2C(=O)N[C@@H](CCC2CC2)C(=O)C(=O)NC2CC2)C2(C)CCCCC2)CCCCC1. The molecule has 5 N–H and O–H groups in total. The largest absolute Gasteiger partial charge is 0.347 e. The van der Waals surface area contributed by atoms with Crippen molar-refractivity contribution in [2.45, 2.75) is 164 Å². The number of carbonyl (C=O) groups excluding carboxylic acids is 5. The van der Waals surface area contributed by atoms with Crippen molar-refractivity contribution in [2.24, 2.45) is 11.3 Å². The van der Waals surface area contributed by atoms with Crippen LogP contribution in [0, 0.1) is 11.3 Å². The van der Waals surface area contributed by atoms with Gasteiger partial charge < -0.3 is 30.7 Å². The lowest BCUT2D eigenvalue weighted by molar-refractivity contribution is -0.144. The standard InChI is InChI=1S/C34H55N5O7S/c1-22(47(45)46)34(19-7-4-8-20-34)38-32(44)37-28(33(2)17-5-3-6-18-33)31(43)39-21-9-10-26(39)29(41)36-25(16-13-23-11-12-23)27(40)30(42)35-24-14-15-24/h22-26,28H,3-21H2,1-2H3,(H,35,42)(H,36,41)(H,45,46)(H2,37,38,44)/t22-,25+,26+,28-/m1/s1. The summed E-state index contributed by atoms with van der Waals surface area (Å²) in [6.45, 7) is 4.05. The van der Waals surface area contributed by atoms with Crippen molar-refractivity contribution < 1.29 is 32.7 Å². The predicted molar refractivity (Wildman–Crippen MR) is 177 cm³/mol. The van der Waals surface area contributed by atoms with Crippen LogP contribution in [0.2, 0.25) is 0 Å². The van der Waals surface area contributed by atoms with Crippen molar-refractivity contribution in [3.05, 3.63) is 0 Å². The van der Waals surface area contributed by atoms with E-state index in [0.29, 0.717) is 44.6 Å². The maximum Gasteiger partial charge on any atom is 0.315 e. The normalized spacial score (nSPS) is 26.3. The van der Waals surface area contributed by atoms with Crippen LogP contribution in [0.4, 0.5) is 4.79 Å². The van der Waals surface area contributed by atoms with E-state index in [1.54, 1.807) is 11.8 Å². The van der Waals surface area contributed by atoms with E-state index < -0.39 is 69.0 Å². The van der Waals surface area contributed by atoms with Crippen LogP contribution in [0.25, 0.3) is 0 Å². The van der Waals surface area contributed by atoms with Gasteiger partial charge in [-0.2, -0.15) is 0 Å². The molecule has 1 saturated heterocycles. The third-order valence-corrected chi connectivity index (χ3v) is 12.6. The number of carbonyl (C=O) groups is 5. The fraction of sp³-hybridized carbons (Fsp3) is 0.853. The van der Waals surface area contributed by atoms with Gasteiger partial charge in [0.15, 0.2) is 11.1 Å². The van der Waals surface area contributed by atoms with Crippen molar-refractivity contribution in [3.8, 4) is 0 Å². The minimum absolute atomic E-state index is 0.0268. The van der Waals surface area contributed by atoms with Gasteiger partial charge in [-0.3, -0.25) is 19.2 Å². The molecule has 13 heteroatoms. The molecule has 5 amide bonds. The average Bonchev–Trinajstić information content (AvgIpc) is 4.00.